The molecule has 1 aromatic rings. The van der Waals surface area contributed by atoms with Crippen molar-refractivity contribution < 1.29 is 9.53 Å². The van der Waals surface area contributed by atoms with Gasteiger partial charge in [-0.15, -0.1) is 11.6 Å². The minimum atomic E-state index is 0.00276. The van der Waals surface area contributed by atoms with Gasteiger partial charge in [-0.1, -0.05) is 0 Å². The van der Waals surface area contributed by atoms with Crippen LogP contribution in [0.4, 0.5) is 0 Å². The van der Waals surface area contributed by atoms with Gasteiger partial charge in [0.1, 0.15) is 0 Å². The van der Waals surface area contributed by atoms with E-state index >= 15 is 0 Å². The Morgan fingerprint density at radius 2 is 2.22 bits per heavy atom. The fourth-order valence-electron chi connectivity index (χ4n) is 3.12. The van der Waals surface area contributed by atoms with E-state index in [1.807, 2.05) is 19.9 Å². The van der Waals surface area contributed by atoms with Gasteiger partial charge < -0.3 is 9.30 Å². The Morgan fingerprint density at radius 3 is 2.83 bits per heavy atom. The van der Waals surface area contributed by atoms with Crippen LogP contribution in [0.3, 0.4) is 0 Å². The number of Topliss-reactive ketones (excluding diaryl/α,β-unsaturated/α-hetero) is 1. The van der Waals surface area contributed by atoms with E-state index in [-0.39, 0.29) is 17.8 Å². The van der Waals surface area contributed by atoms with Crippen molar-refractivity contribution in [1.29, 1.82) is 0 Å². The van der Waals surface area contributed by atoms with E-state index in [4.69, 9.17) is 16.3 Å². The zero-order chi connectivity index (χ0) is 13.3. The molecule has 100 valence electrons. The van der Waals surface area contributed by atoms with Gasteiger partial charge in [0.15, 0.2) is 5.78 Å². The van der Waals surface area contributed by atoms with E-state index in [1.165, 1.54) is 6.42 Å². The minimum Gasteiger partial charge on any atom is -0.379 e. The normalized spacial score (nSPS) is 23.6. The Kier molecular flexibility index (Phi) is 4.13. The molecule has 0 aromatic carbocycles. The summed E-state index contributed by atoms with van der Waals surface area (Å²) in [4.78, 5) is 11.8. The highest BCUT2D eigenvalue weighted by atomic mass is 35.5. The van der Waals surface area contributed by atoms with Gasteiger partial charge in [0.25, 0.3) is 0 Å². The standard InChI is InChI=1S/C14H20ClNO2/c1-9-7-11(13(17)8-15)10(2)16(9)12-5-4-6-14(12)18-3/h7,12,14H,4-6,8H2,1-3H3. The highest BCUT2D eigenvalue weighted by Gasteiger charge is 2.31. The number of ketones is 1. The molecule has 1 heterocycles. The first-order chi connectivity index (χ1) is 8.60. The Bertz CT molecular complexity index is 453. The summed E-state index contributed by atoms with van der Waals surface area (Å²) in [6.45, 7) is 4.04. The topological polar surface area (TPSA) is 31.2 Å². The summed E-state index contributed by atoms with van der Waals surface area (Å²) < 4.78 is 7.80. The van der Waals surface area contributed by atoms with Gasteiger partial charge in [0.05, 0.1) is 18.0 Å². The van der Waals surface area contributed by atoms with Gasteiger partial charge in [-0.2, -0.15) is 0 Å². The van der Waals surface area contributed by atoms with E-state index in [0.29, 0.717) is 6.04 Å². The van der Waals surface area contributed by atoms with E-state index in [9.17, 15) is 4.79 Å². The van der Waals surface area contributed by atoms with Gasteiger partial charge >= 0.3 is 0 Å². The highest BCUT2D eigenvalue weighted by molar-refractivity contribution is 6.30. The monoisotopic (exact) mass is 269 g/mol. The lowest BCUT2D eigenvalue weighted by molar-refractivity contribution is 0.0737. The molecular weight excluding hydrogens is 250 g/mol. The van der Waals surface area contributed by atoms with Crippen LogP contribution in [0, 0.1) is 13.8 Å². The molecule has 0 aliphatic heterocycles. The maximum absolute atomic E-state index is 11.8. The molecule has 1 aliphatic carbocycles. The average molecular weight is 270 g/mol. The summed E-state index contributed by atoms with van der Waals surface area (Å²) in [5, 5.41) is 0. The van der Waals surface area contributed by atoms with Crippen molar-refractivity contribution in [3.63, 3.8) is 0 Å². The number of methoxy groups -OCH3 is 1. The molecule has 0 saturated heterocycles. The number of aryl methyl sites for hydroxylation is 1. The minimum absolute atomic E-state index is 0.00276. The molecule has 3 nitrogen and oxygen atoms in total. The molecule has 0 radical (unpaired) electrons. The summed E-state index contributed by atoms with van der Waals surface area (Å²) in [6.07, 6.45) is 3.65. The molecule has 0 N–H and O–H groups in total. The SMILES string of the molecule is COC1CCCC1n1c(C)cc(C(=O)CCl)c1C. The maximum atomic E-state index is 11.8. The molecule has 1 fully saturated rings. The van der Waals surface area contributed by atoms with Crippen LogP contribution < -0.4 is 0 Å². The Labute approximate surface area is 113 Å². The predicted molar refractivity (Wildman–Crippen MR) is 72.6 cm³/mol. The number of aromatic nitrogens is 1. The van der Waals surface area contributed by atoms with Gasteiger partial charge in [0.2, 0.25) is 0 Å². The lowest BCUT2D eigenvalue weighted by Gasteiger charge is -2.23. The number of alkyl halides is 1. The zero-order valence-electron chi connectivity index (χ0n) is 11.2. The number of hydrogen-bond donors (Lipinski definition) is 0. The van der Waals surface area contributed by atoms with E-state index in [0.717, 1.165) is 29.8 Å². The first kappa shape index (κ1) is 13.6. The van der Waals surface area contributed by atoms with Crippen LogP contribution in [-0.2, 0) is 4.74 Å². The van der Waals surface area contributed by atoms with Crippen molar-refractivity contribution in [1.82, 2.24) is 4.57 Å². The molecule has 2 atom stereocenters. The van der Waals surface area contributed by atoms with Crippen molar-refractivity contribution in [2.45, 2.75) is 45.3 Å². The summed E-state index contributed by atoms with van der Waals surface area (Å²) in [5.74, 6) is 0.0471. The smallest absolute Gasteiger partial charge is 0.179 e. The first-order valence-electron chi connectivity index (χ1n) is 6.40. The van der Waals surface area contributed by atoms with E-state index in [1.54, 1.807) is 7.11 Å². The summed E-state index contributed by atoms with van der Waals surface area (Å²) in [7, 11) is 1.77. The van der Waals surface area contributed by atoms with Crippen LogP contribution in [0.25, 0.3) is 0 Å². The molecule has 1 aliphatic rings. The third-order valence-corrected chi connectivity index (χ3v) is 4.20. The summed E-state index contributed by atoms with van der Waals surface area (Å²) in [6, 6.07) is 2.30. The van der Waals surface area contributed by atoms with E-state index in [2.05, 4.69) is 4.57 Å². The molecule has 1 aromatic heterocycles. The molecule has 18 heavy (non-hydrogen) atoms. The summed E-state index contributed by atoms with van der Waals surface area (Å²) in [5.41, 5.74) is 2.89. The molecule has 0 spiro atoms. The van der Waals surface area contributed by atoms with Crippen molar-refractivity contribution >= 4 is 17.4 Å². The number of nitrogens with zero attached hydrogens (tertiary/aromatic N) is 1. The van der Waals surface area contributed by atoms with Gasteiger partial charge in [-0.25, -0.2) is 0 Å². The molecule has 4 heteroatoms. The van der Waals surface area contributed by atoms with Gasteiger partial charge in [-0.3, -0.25) is 4.79 Å². The second-order valence-electron chi connectivity index (χ2n) is 4.98. The Hall–Kier alpha value is -0.800. The van der Waals surface area contributed by atoms with Crippen molar-refractivity contribution in [3.8, 4) is 0 Å². The Morgan fingerprint density at radius 1 is 1.50 bits per heavy atom. The lowest BCUT2D eigenvalue weighted by atomic mass is 10.1. The second-order valence-corrected chi connectivity index (χ2v) is 5.25. The number of ether oxygens (including phenoxy) is 1. The van der Waals surface area contributed by atoms with Crippen LogP contribution in [0.1, 0.15) is 47.1 Å². The van der Waals surface area contributed by atoms with Crippen LogP contribution in [0.15, 0.2) is 6.07 Å². The lowest BCUT2D eigenvalue weighted by Crippen LogP contribution is -2.22. The maximum Gasteiger partial charge on any atom is 0.179 e. The number of halogens is 1. The van der Waals surface area contributed by atoms with Crippen LogP contribution in [0.2, 0.25) is 0 Å². The van der Waals surface area contributed by atoms with Crippen molar-refractivity contribution in [2.75, 3.05) is 13.0 Å². The Balaban J connectivity index is 2.39. The number of hydrogen-bond acceptors (Lipinski definition) is 2. The zero-order valence-corrected chi connectivity index (χ0v) is 12.0. The van der Waals surface area contributed by atoms with Crippen LogP contribution >= 0.6 is 11.6 Å². The average Bonchev–Trinajstić information content (AvgIpc) is 2.92. The fraction of sp³-hybridized carbons (Fsp3) is 0.643. The second kappa shape index (κ2) is 5.45. The van der Waals surface area contributed by atoms with Crippen LogP contribution in [-0.4, -0.2) is 29.4 Å². The summed E-state index contributed by atoms with van der Waals surface area (Å²) >= 11 is 5.65. The molecule has 0 amide bonds. The van der Waals surface area contributed by atoms with E-state index < -0.39 is 0 Å². The van der Waals surface area contributed by atoms with Crippen molar-refractivity contribution in [3.05, 3.63) is 23.0 Å². The third-order valence-electron chi connectivity index (χ3n) is 3.96. The van der Waals surface area contributed by atoms with Gasteiger partial charge in [0, 0.05) is 24.1 Å². The van der Waals surface area contributed by atoms with Gasteiger partial charge in [-0.05, 0) is 39.2 Å². The molecule has 2 rings (SSSR count). The fourth-order valence-corrected chi connectivity index (χ4v) is 3.26. The quantitative estimate of drug-likeness (QED) is 0.621. The first-order valence-corrected chi connectivity index (χ1v) is 6.94. The molecular formula is C14H20ClNO2. The number of rotatable bonds is 4. The third kappa shape index (κ3) is 2.21. The van der Waals surface area contributed by atoms with Crippen molar-refractivity contribution in [2.24, 2.45) is 0 Å². The molecule has 0 bridgehead atoms. The molecule has 1 saturated carbocycles. The van der Waals surface area contributed by atoms with Crippen LogP contribution in [0.5, 0.6) is 0 Å². The predicted octanol–water partition coefficient (Wildman–Crippen LogP) is 3.27. The largest absolute Gasteiger partial charge is 0.379 e. The highest BCUT2D eigenvalue weighted by Crippen LogP contribution is 2.35. The molecule has 2 unspecified atom stereocenters. The number of carbonyl (C=O) groups excluding carboxylic acids is 1. The number of carbonyl (C=O) groups is 1.